The van der Waals surface area contributed by atoms with Gasteiger partial charge in [-0.25, -0.2) is 9.37 Å². The van der Waals surface area contributed by atoms with Crippen molar-refractivity contribution in [1.82, 2.24) is 25.5 Å². The van der Waals surface area contributed by atoms with Gasteiger partial charge in [0.1, 0.15) is 24.2 Å². The van der Waals surface area contributed by atoms with Crippen LogP contribution >= 0.6 is 11.6 Å². The molecule has 1 saturated heterocycles. The Morgan fingerprint density at radius 2 is 2.03 bits per heavy atom. The van der Waals surface area contributed by atoms with Crippen molar-refractivity contribution in [2.75, 3.05) is 19.8 Å². The zero-order valence-electron chi connectivity index (χ0n) is 17.1. The highest BCUT2D eigenvalue weighted by Gasteiger charge is 2.30. The molecule has 3 heterocycles. The zero-order valence-corrected chi connectivity index (χ0v) is 17.9. The lowest BCUT2D eigenvalue weighted by atomic mass is 10.0. The van der Waals surface area contributed by atoms with Crippen molar-refractivity contribution < 1.29 is 41.0 Å². The molecule has 10 nitrogen and oxygen atoms in total. The van der Waals surface area contributed by atoms with Crippen molar-refractivity contribution in [2.45, 2.75) is 31.3 Å². The van der Waals surface area contributed by atoms with Crippen LogP contribution in [0.25, 0.3) is 11.0 Å². The van der Waals surface area contributed by atoms with Crippen molar-refractivity contribution in [1.29, 1.82) is 0 Å². The van der Waals surface area contributed by atoms with E-state index >= 15 is 0 Å². The molecule has 1 aliphatic rings. The lowest BCUT2D eigenvalue weighted by Gasteiger charge is -2.27. The third-order valence-electron chi connectivity index (χ3n) is 4.70. The van der Waals surface area contributed by atoms with Crippen molar-refractivity contribution in [2.24, 2.45) is 0 Å². The number of ether oxygens (including phenoxy) is 3. The van der Waals surface area contributed by atoms with Crippen molar-refractivity contribution >= 4 is 28.5 Å². The molecule has 0 bridgehead atoms. The second kappa shape index (κ2) is 10.0. The first-order valence-electron chi connectivity index (χ1n) is 9.89. The van der Waals surface area contributed by atoms with Crippen LogP contribution < -0.4 is 10.1 Å². The van der Waals surface area contributed by atoms with E-state index in [2.05, 4.69) is 30.2 Å². The standard InChI is InChI=1S/C19H16ClF4N5O5/c20-10-5-12-13(6-11(10)21)27-14(7-25-12)16(30)26-9-1-2-15(32-8-9)17-28-29-18(34-17)31-3-4-33-19(22,23)24/h5-7,9,15H,1-4,8H2,(H,26,30)/t9-,15+/m0/s1. The molecule has 1 aliphatic heterocycles. The maximum absolute atomic E-state index is 13.7. The number of benzene rings is 1. The maximum atomic E-state index is 13.7. The van der Waals surface area contributed by atoms with Gasteiger partial charge in [0.2, 0.25) is 5.89 Å². The number of amides is 1. The molecule has 0 aliphatic carbocycles. The Kier molecular flexibility index (Phi) is 7.09. The number of fused-ring (bicyclic) bond motifs is 1. The van der Waals surface area contributed by atoms with Gasteiger partial charge in [-0.3, -0.25) is 14.5 Å². The molecule has 4 rings (SSSR count). The van der Waals surface area contributed by atoms with Gasteiger partial charge in [0.25, 0.3) is 5.91 Å². The van der Waals surface area contributed by atoms with Crippen LogP contribution in [0.5, 0.6) is 6.08 Å². The molecule has 0 spiro atoms. The predicted molar refractivity (Wildman–Crippen MR) is 105 cm³/mol. The number of hydrogen-bond acceptors (Lipinski definition) is 9. The molecular formula is C19H16ClF4N5O5. The van der Waals surface area contributed by atoms with E-state index in [0.29, 0.717) is 18.4 Å². The highest BCUT2D eigenvalue weighted by atomic mass is 35.5. The second-order valence-electron chi connectivity index (χ2n) is 7.13. The molecule has 1 N–H and O–H groups in total. The molecular weight excluding hydrogens is 490 g/mol. The Morgan fingerprint density at radius 1 is 1.21 bits per heavy atom. The average molecular weight is 506 g/mol. The third kappa shape index (κ3) is 6.07. The number of halogens is 5. The van der Waals surface area contributed by atoms with Crippen LogP contribution in [-0.4, -0.2) is 58.3 Å². The predicted octanol–water partition coefficient (Wildman–Crippen LogP) is 3.37. The molecule has 0 radical (unpaired) electrons. The Labute approximate surface area is 193 Å². The molecule has 34 heavy (non-hydrogen) atoms. The fourth-order valence-electron chi connectivity index (χ4n) is 3.13. The van der Waals surface area contributed by atoms with E-state index in [1.807, 2.05) is 0 Å². The summed E-state index contributed by atoms with van der Waals surface area (Å²) in [5.74, 6) is -1.08. The largest absolute Gasteiger partial charge is 0.522 e. The van der Waals surface area contributed by atoms with E-state index in [1.54, 1.807) is 0 Å². The van der Waals surface area contributed by atoms with E-state index in [1.165, 1.54) is 12.3 Å². The first kappa shape index (κ1) is 24.0. The SMILES string of the molecule is O=C(N[C@H]1CC[C@H](c2nnc(OCCOC(F)(F)F)o2)OC1)c1cnc2cc(Cl)c(F)cc2n1. The highest BCUT2D eigenvalue weighted by Crippen LogP contribution is 2.28. The molecule has 0 unspecified atom stereocenters. The van der Waals surface area contributed by atoms with E-state index in [0.717, 1.165) is 6.07 Å². The van der Waals surface area contributed by atoms with Gasteiger partial charge in [-0.15, -0.1) is 18.3 Å². The summed E-state index contributed by atoms with van der Waals surface area (Å²) in [6.07, 6.45) is -3.46. The number of aromatic nitrogens is 4. The number of rotatable bonds is 7. The van der Waals surface area contributed by atoms with Gasteiger partial charge in [0.05, 0.1) is 41.5 Å². The summed E-state index contributed by atoms with van der Waals surface area (Å²) in [4.78, 5) is 20.7. The molecule has 3 aromatic rings. The fraction of sp³-hybridized carbons (Fsp3) is 0.421. The van der Waals surface area contributed by atoms with Gasteiger partial charge in [-0.05, 0) is 18.9 Å². The molecule has 0 saturated carbocycles. The molecule has 1 fully saturated rings. The highest BCUT2D eigenvalue weighted by molar-refractivity contribution is 6.31. The summed E-state index contributed by atoms with van der Waals surface area (Å²) in [6.45, 7) is -1.04. The summed E-state index contributed by atoms with van der Waals surface area (Å²) in [5, 5.41) is 10.0. The number of nitrogens with zero attached hydrogens (tertiary/aromatic N) is 4. The second-order valence-corrected chi connectivity index (χ2v) is 7.54. The summed E-state index contributed by atoms with van der Waals surface area (Å²) in [7, 11) is 0. The number of nitrogens with one attached hydrogen (secondary N) is 1. The number of alkyl halides is 3. The summed E-state index contributed by atoms with van der Waals surface area (Å²) >= 11 is 5.72. The summed E-state index contributed by atoms with van der Waals surface area (Å²) in [6, 6.07) is 2.07. The first-order chi connectivity index (χ1) is 16.2. The molecule has 2 atom stereocenters. The minimum absolute atomic E-state index is 0.00420. The molecule has 1 aromatic carbocycles. The van der Waals surface area contributed by atoms with Gasteiger partial charge in [0.15, 0.2) is 0 Å². The first-order valence-corrected chi connectivity index (χ1v) is 10.3. The van der Waals surface area contributed by atoms with Crippen molar-refractivity contribution in [3.05, 3.63) is 40.8 Å². The third-order valence-corrected chi connectivity index (χ3v) is 4.99. The van der Waals surface area contributed by atoms with Crippen LogP contribution in [0.4, 0.5) is 17.6 Å². The van der Waals surface area contributed by atoms with Crippen LogP contribution in [0, 0.1) is 5.82 Å². The Bertz CT molecular complexity index is 1170. The minimum Gasteiger partial charge on any atom is -0.447 e. The lowest BCUT2D eigenvalue weighted by molar-refractivity contribution is -0.325. The maximum Gasteiger partial charge on any atom is 0.522 e. The molecule has 182 valence electrons. The number of carbonyl (C=O) groups is 1. The van der Waals surface area contributed by atoms with Gasteiger partial charge >= 0.3 is 12.4 Å². The Balaban J connectivity index is 1.26. The van der Waals surface area contributed by atoms with Crippen LogP contribution in [0.2, 0.25) is 5.02 Å². The Hall–Kier alpha value is -3.10. The zero-order chi connectivity index (χ0) is 24.3. The van der Waals surface area contributed by atoms with Gasteiger partial charge < -0.3 is 19.2 Å². The van der Waals surface area contributed by atoms with Crippen LogP contribution in [0.15, 0.2) is 22.7 Å². The van der Waals surface area contributed by atoms with Crippen LogP contribution in [0.1, 0.15) is 35.3 Å². The monoisotopic (exact) mass is 505 g/mol. The van der Waals surface area contributed by atoms with Gasteiger partial charge in [-0.2, -0.15) is 0 Å². The quantitative estimate of drug-likeness (QED) is 0.380. The summed E-state index contributed by atoms with van der Waals surface area (Å²) < 4.78 is 68.8. The van der Waals surface area contributed by atoms with Crippen LogP contribution in [0.3, 0.4) is 0 Å². The van der Waals surface area contributed by atoms with E-state index in [-0.39, 0.29) is 40.8 Å². The Morgan fingerprint density at radius 3 is 2.76 bits per heavy atom. The van der Waals surface area contributed by atoms with Crippen molar-refractivity contribution in [3.8, 4) is 6.08 Å². The fourth-order valence-corrected chi connectivity index (χ4v) is 3.29. The van der Waals surface area contributed by atoms with Gasteiger partial charge in [0, 0.05) is 6.07 Å². The topological polar surface area (TPSA) is 121 Å². The van der Waals surface area contributed by atoms with E-state index in [9.17, 15) is 22.4 Å². The van der Waals surface area contributed by atoms with Crippen molar-refractivity contribution in [3.63, 3.8) is 0 Å². The summed E-state index contributed by atoms with van der Waals surface area (Å²) in [5.41, 5.74) is 0.543. The van der Waals surface area contributed by atoms with E-state index in [4.69, 9.17) is 25.5 Å². The minimum atomic E-state index is -4.75. The lowest BCUT2D eigenvalue weighted by Crippen LogP contribution is -2.41. The van der Waals surface area contributed by atoms with Gasteiger partial charge in [-0.1, -0.05) is 16.7 Å². The van der Waals surface area contributed by atoms with Crippen LogP contribution in [-0.2, 0) is 9.47 Å². The number of hydrogen-bond donors (Lipinski definition) is 1. The molecule has 1 amide bonds. The normalized spacial score (nSPS) is 18.7. The smallest absolute Gasteiger partial charge is 0.447 e. The van der Waals surface area contributed by atoms with E-state index < -0.39 is 37.4 Å². The molecule has 2 aromatic heterocycles. The average Bonchev–Trinajstić information content (AvgIpc) is 3.26. The number of carbonyl (C=O) groups excluding carboxylic acids is 1. The molecule has 15 heteroatoms.